The van der Waals surface area contributed by atoms with E-state index in [4.69, 9.17) is 5.84 Å². The lowest BCUT2D eigenvalue weighted by Crippen LogP contribution is -2.33. The molecule has 1 aromatic carbocycles. The van der Waals surface area contributed by atoms with Gasteiger partial charge in [0, 0.05) is 6.04 Å². The van der Waals surface area contributed by atoms with Crippen molar-refractivity contribution in [3.8, 4) is 0 Å². The van der Waals surface area contributed by atoms with Gasteiger partial charge >= 0.3 is 0 Å². The van der Waals surface area contributed by atoms with E-state index in [2.05, 4.69) is 17.7 Å². The summed E-state index contributed by atoms with van der Waals surface area (Å²) in [6, 6.07) is 5.76. The summed E-state index contributed by atoms with van der Waals surface area (Å²) >= 11 is 0. The second-order valence-corrected chi connectivity index (χ2v) is 4.71. The molecule has 0 aliphatic carbocycles. The van der Waals surface area contributed by atoms with E-state index in [1.165, 1.54) is 0 Å². The van der Waals surface area contributed by atoms with Gasteiger partial charge in [0.1, 0.15) is 0 Å². The van der Waals surface area contributed by atoms with Gasteiger partial charge < -0.3 is 10.7 Å². The van der Waals surface area contributed by atoms with Gasteiger partial charge in [0.25, 0.3) is 5.91 Å². The van der Waals surface area contributed by atoms with Crippen LogP contribution in [0.4, 0.5) is 5.69 Å². The van der Waals surface area contributed by atoms with Crippen molar-refractivity contribution in [3.05, 3.63) is 29.3 Å². The van der Waals surface area contributed by atoms with E-state index in [9.17, 15) is 4.79 Å². The molecule has 0 saturated carbocycles. The molecule has 0 fully saturated rings. The van der Waals surface area contributed by atoms with Crippen LogP contribution in [-0.4, -0.2) is 11.9 Å². The molecule has 0 aromatic heterocycles. The number of carbonyl (C=O) groups excluding carboxylic acids is 1. The van der Waals surface area contributed by atoms with E-state index in [0.717, 1.165) is 24.8 Å². The summed E-state index contributed by atoms with van der Waals surface area (Å²) in [5.74, 6) is 5.36. The van der Waals surface area contributed by atoms with Crippen LogP contribution in [-0.2, 0) is 0 Å². The molecule has 1 unspecified atom stereocenters. The first-order chi connectivity index (χ1) is 8.58. The summed E-state index contributed by atoms with van der Waals surface area (Å²) < 4.78 is 0. The van der Waals surface area contributed by atoms with Crippen LogP contribution in [0.3, 0.4) is 0 Å². The van der Waals surface area contributed by atoms with Crippen molar-refractivity contribution in [2.24, 2.45) is 5.84 Å². The maximum atomic E-state index is 12.1. The summed E-state index contributed by atoms with van der Waals surface area (Å²) in [7, 11) is 0. The smallest absolute Gasteiger partial charge is 0.253 e. The Balaban J connectivity index is 2.72. The van der Waals surface area contributed by atoms with Crippen molar-refractivity contribution in [1.82, 2.24) is 5.32 Å². The lowest BCUT2D eigenvalue weighted by atomic mass is 10.1. The number of aryl methyl sites for hydroxylation is 1. The zero-order valence-corrected chi connectivity index (χ0v) is 11.4. The Labute approximate surface area is 109 Å². The minimum Gasteiger partial charge on any atom is -0.350 e. The second kappa shape index (κ2) is 7.01. The summed E-state index contributed by atoms with van der Waals surface area (Å²) in [6.07, 6.45) is 3.26. The molecular formula is C14H23N3O. The average Bonchev–Trinajstić information content (AvgIpc) is 2.35. The maximum Gasteiger partial charge on any atom is 0.253 e. The largest absolute Gasteiger partial charge is 0.350 e. The summed E-state index contributed by atoms with van der Waals surface area (Å²) in [5, 5.41) is 2.99. The number of amides is 1. The van der Waals surface area contributed by atoms with E-state index in [0.29, 0.717) is 11.3 Å². The van der Waals surface area contributed by atoms with Crippen LogP contribution in [0.2, 0.25) is 0 Å². The van der Waals surface area contributed by atoms with Gasteiger partial charge in [-0.1, -0.05) is 25.8 Å². The minimum absolute atomic E-state index is 0.0773. The van der Waals surface area contributed by atoms with Gasteiger partial charge in [0.05, 0.1) is 11.3 Å². The predicted molar refractivity (Wildman–Crippen MR) is 75.4 cm³/mol. The van der Waals surface area contributed by atoms with Gasteiger partial charge in [-0.25, -0.2) is 0 Å². The highest BCUT2D eigenvalue weighted by Crippen LogP contribution is 2.16. The number of hydrogen-bond acceptors (Lipinski definition) is 3. The summed E-state index contributed by atoms with van der Waals surface area (Å²) in [4.78, 5) is 12.1. The van der Waals surface area contributed by atoms with Gasteiger partial charge in [-0.05, 0) is 38.0 Å². The fourth-order valence-corrected chi connectivity index (χ4v) is 1.86. The summed E-state index contributed by atoms with van der Waals surface area (Å²) in [5.41, 5.74) is 4.89. The van der Waals surface area contributed by atoms with Crippen molar-refractivity contribution < 1.29 is 4.79 Å². The third kappa shape index (κ3) is 4.04. The molecule has 0 heterocycles. The summed E-state index contributed by atoms with van der Waals surface area (Å²) in [6.45, 7) is 6.13. The van der Waals surface area contributed by atoms with Crippen LogP contribution in [0.5, 0.6) is 0 Å². The van der Waals surface area contributed by atoms with Crippen molar-refractivity contribution in [1.29, 1.82) is 0 Å². The number of nitrogens with one attached hydrogen (secondary N) is 2. The lowest BCUT2D eigenvalue weighted by Gasteiger charge is -2.15. The fourth-order valence-electron chi connectivity index (χ4n) is 1.86. The van der Waals surface area contributed by atoms with E-state index < -0.39 is 0 Å². The number of rotatable bonds is 6. The molecule has 1 rings (SSSR count). The van der Waals surface area contributed by atoms with E-state index in [1.54, 1.807) is 6.07 Å². The third-order valence-electron chi connectivity index (χ3n) is 2.94. The molecule has 0 aliphatic rings. The number of unbranched alkanes of at least 4 members (excludes halogenated alkanes) is 1. The molecule has 0 bridgehead atoms. The molecule has 100 valence electrons. The minimum atomic E-state index is -0.0773. The normalized spacial score (nSPS) is 12.0. The average molecular weight is 249 g/mol. The molecule has 0 spiro atoms. The van der Waals surface area contributed by atoms with Gasteiger partial charge in [0.2, 0.25) is 0 Å². The molecule has 1 aromatic rings. The Morgan fingerprint density at radius 1 is 1.44 bits per heavy atom. The standard InChI is InChI=1S/C14H23N3O/c1-4-5-6-11(3)16-14(18)12-8-7-10(2)9-13(12)17-15/h7-9,11,17H,4-6,15H2,1-3H3,(H,16,18). The molecule has 4 nitrogen and oxygen atoms in total. The Hall–Kier alpha value is -1.55. The van der Waals surface area contributed by atoms with Gasteiger partial charge in [-0.3, -0.25) is 10.6 Å². The lowest BCUT2D eigenvalue weighted by molar-refractivity contribution is 0.0939. The van der Waals surface area contributed by atoms with Crippen LogP contribution in [0, 0.1) is 6.92 Å². The highest BCUT2D eigenvalue weighted by molar-refractivity contribution is 5.99. The van der Waals surface area contributed by atoms with Crippen molar-refractivity contribution in [2.45, 2.75) is 46.1 Å². The molecular weight excluding hydrogens is 226 g/mol. The quantitative estimate of drug-likeness (QED) is 0.536. The van der Waals surface area contributed by atoms with E-state index in [1.807, 2.05) is 26.0 Å². The zero-order valence-electron chi connectivity index (χ0n) is 11.4. The van der Waals surface area contributed by atoms with Gasteiger partial charge in [0.15, 0.2) is 0 Å². The van der Waals surface area contributed by atoms with Crippen LogP contribution < -0.4 is 16.6 Å². The Morgan fingerprint density at radius 2 is 2.17 bits per heavy atom. The van der Waals surface area contributed by atoms with Crippen LogP contribution in [0.25, 0.3) is 0 Å². The first-order valence-electron chi connectivity index (χ1n) is 6.46. The van der Waals surface area contributed by atoms with Crippen LogP contribution in [0.1, 0.15) is 49.0 Å². The first-order valence-corrected chi connectivity index (χ1v) is 6.46. The number of benzene rings is 1. The van der Waals surface area contributed by atoms with Crippen molar-refractivity contribution in [2.75, 3.05) is 5.43 Å². The van der Waals surface area contributed by atoms with Crippen LogP contribution >= 0.6 is 0 Å². The molecule has 4 heteroatoms. The highest BCUT2D eigenvalue weighted by Gasteiger charge is 2.13. The Morgan fingerprint density at radius 3 is 2.78 bits per heavy atom. The first kappa shape index (κ1) is 14.5. The number of anilines is 1. The highest BCUT2D eigenvalue weighted by atomic mass is 16.1. The molecule has 0 radical (unpaired) electrons. The maximum absolute atomic E-state index is 12.1. The Kier molecular flexibility index (Phi) is 5.65. The second-order valence-electron chi connectivity index (χ2n) is 4.71. The third-order valence-corrected chi connectivity index (χ3v) is 2.94. The number of hydrazine groups is 1. The molecule has 1 atom stereocenters. The number of hydrogen-bond donors (Lipinski definition) is 3. The molecule has 0 saturated heterocycles. The van der Waals surface area contributed by atoms with Gasteiger partial charge in [-0.15, -0.1) is 0 Å². The molecule has 0 aliphatic heterocycles. The monoisotopic (exact) mass is 249 g/mol. The topological polar surface area (TPSA) is 67.2 Å². The number of carbonyl (C=O) groups is 1. The van der Waals surface area contributed by atoms with E-state index >= 15 is 0 Å². The SMILES string of the molecule is CCCCC(C)NC(=O)c1ccc(C)cc1NN. The fraction of sp³-hybridized carbons (Fsp3) is 0.500. The number of nitrogens with two attached hydrogens (primary N) is 1. The predicted octanol–water partition coefficient (Wildman–Crippen LogP) is 2.59. The molecule has 4 N–H and O–H groups in total. The Bertz CT molecular complexity index is 404. The number of nitrogen functional groups attached to an aromatic ring is 1. The molecule has 18 heavy (non-hydrogen) atoms. The van der Waals surface area contributed by atoms with E-state index in [-0.39, 0.29) is 11.9 Å². The molecule has 1 amide bonds. The van der Waals surface area contributed by atoms with Crippen molar-refractivity contribution in [3.63, 3.8) is 0 Å². The van der Waals surface area contributed by atoms with Crippen molar-refractivity contribution >= 4 is 11.6 Å². The zero-order chi connectivity index (χ0) is 13.5. The van der Waals surface area contributed by atoms with Crippen LogP contribution in [0.15, 0.2) is 18.2 Å². The van der Waals surface area contributed by atoms with Gasteiger partial charge in [-0.2, -0.15) is 0 Å².